The van der Waals surface area contributed by atoms with E-state index in [1.165, 1.54) is 0 Å². The van der Waals surface area contributed by atoms with Crippen LogP contribution in [0.5, 0.6) is 5.75 Å². The van der Waals surface area contributed by atoms with E-state index >= 15 is 0 Å². The minimum atomic E-state index is -1.10. The molecule has 0 saturated heterocycles. The number of hydrogen-bond donors (Lipinski definition) is 2. The summed E-state index contributed by atoms with van der Waals surface area (Å²) in [5.74, 6) is 0.471. The Bertz CT molecular complexity index is 687. The van der Waals surface area contributed by atoms with E-state index in [0.29, 0.717) is 24.3 Å². The Balaban J connectivity index is 1.73. The number of para-hydroxylation sites is 1. The van der Waals surface area contributed by atoms with Gasteiger partial charge in [0.05, 0.1) is 13.2 Å². The normalized spacial score (nSPS) is 19.9. The fourth-order valence-electron chi connectivity index (χ4n) is 2.55. The number of ether oxygens (including phenoxy) is 1. The molecule has 1 unspecified atom stereocenters. The van der Waals surface area contributed by atoms with Crippen molar-refractivity contribution in [1.82, 2.24) is 5.32 Å². The molecular formula is C17H16BrNO3. The van der Waals surface area contributed by atoms with Crippen LogP contribution in [0, 0.1) is 0 Å². The topological polar surface area (TPSA) is 58.6 Å². The molecule has 0 aromatic heterocycles. The summed E-state index contributed by atoms with van der Waals surface area (Å²) in [4.78, 5) is 12.2. The molecule has 3 rings (SSSR count). The van der Waals surface area contributed by atoms with Gasteiger partial charge in [0, 0.05) is 22.0 Å². The van der Waals surface area contributed by atoms with Crippen LogP contribution in [0.3, 0.4) is 0 Å². The number of rotatable bonds is 3. The molecule has 1 aliphatic rings. The van der Waals surface area contributed by atoms with E-state index in [1.807, 2.05) is 36.4 Å². The van der Waals surface area contributed by atoms with Crippen molar-refractivity contribution in [2.75, 3.05) is 13.2 Å². The van der Waals surface area contributed by atoms with Gasteiger partial charge in [0.15, 0.2) is 0 Å². The number of fused-ring (bicyclic) bond motifs is 1. The zero-order chi connectivity index (χ0) is 15.6. The van der Waals surface area contributed by atoms with Crippen molar-refractivity contribution >= 4 is 21.8 Å². The van der Waals surface area contributed by atoms with Crippen LogP contribution in [0.4, 0.5) is 0 Å². The number of aliphatic hydroxyl groups is 1. The highest BCUT2D eigenvalue weighted by Crippen LogP contribution is 2.36. The molecule has 1 aliphatic heterocycles. The highest BCUT2D eigenvalue weighted by molar-refractivity contribution is 9.10. The number of nitrogens with one attached hydrogen (secondary N) is 1. The standard InChI is InChI=1S/C17H16BrNO3/c18-13-7-5-12(6-8-13)16(20)19-11-17(21)9-10-22-15-4-2-1-3-14(15)17/h1-8,21H,9-11H2,(H,19,20). The van der Waals surface area contributed by atoms with Gasteiger partial charge in [-0.15, -0.1) is 0 Å². The zero-order valence-corrected chi connectivity index (χ0v) is 13.5. The first-order valence-electron chi connectivity index (χ1n) is 7.07. The molecule has 2 N–H and O–H groups in total. The first-order valence-corrected chi connectivity index (χ1v) is 7.86. The zero-order valence-electron chi connectivity index (χ0n) is 11.9. The summed E-state index contributed by atoms with van der Waals surface area (Å²) in [5.41, 5.74) is 0.185. The molecule has 1 atom stereocenters. The first-order chi connectivity index (χ1) is 10.6. The molecule has 4 nitrogen and oxygen atoms in total. The predicted molar refractivity (Wildman–Crippen MR) is 86.9 cm³/mol. The van der Waals surface area contributed by atoms with E-state index in [0.717, 1.165) is 10.0 Å². The lowest BCUT2D eigenvalue weighted by atomic mass is 9.88. The van der Waals surface area contributed by atoms with Crippen molar-refractivity contribution in [3.05, 3.63) is 64.1 Å². The van der Waals surface area contributed by atoms with Gasteiger partial charge in [-0.3, -0.25) is 4.79 Å². The summed E-state index contributed by atoms with van der Waals surface area (Å²) >= 11 is 3.34. The molecule has 2 aromatic rings. The average molecular weight is 362 g/mol. The van der Waals surface area contributed by atoms with E-state index in [2.05, 4.69) is 21.2 Å². The van der Waals surface area contributed by atoms with E-state index in [-0.39, 0.29) is 12.5 Å². The van der Waals surface area contributed by atoms with Crippen LogP contribution in [0.15, 0.2) is 53.0 Å². The van der Waals surface area contributed by atoms with Gasteiger partial charge in [0.25, 0.3) is 5.91 Å². The highest BCUT2D eigenvalue weighted by atomic mass is 79.9. The van der Waals surface area contributed by atoms with Crippen molar-refractivity contribution in [3.63, 3.8) is 0 Å². The maximum absolute atomic E-state index is 12.2. The second kappa shape index (κ2) is 6.10. The van der Waals surface area contributed by atoms with Crippen molar-refractivity contribution < 1.29 is 14.6 Å². The molecule has 0 saturated carbocycles. The summed E-state index contributed by atoms with van der Waals surface area (Å²) in [6, 6.07) is 14.5. The Morgan fingerprint density at radius 3 is 2.73 bits per heavy atom. The van der Waals surface area contributed by atoms with Crippen LogP contribution in [0.25, 0.3) is 0 Å². The van der Waals surface area contributed by atoms with Crippen LogP contribution >= 0.6 is 15.9 Å². The number of hydrogen-bond acceptors (Lipinski definition) is 3. The van der Waals surface area contributed by atoms with Crippen molar-refractivity contribution in [1.29, 1.82) is 0 Å². The van der Waals surface area contributed by atoms with Crippen LogP contribution in [0.2, 0.25) is 0 Å². The van der Waals surface area contributed by atoms with Crippen LogP contribution in [0.1, 0.15) is 22.3 Å². The number of carbonyl (C=O) groups is 1. The summed E-state index contributed by atoms with van der Waals surface area (Å²) in [7, 11) is 0. The summed E-state index contributed by atoms with van der Waals surface area (Å²) in [6.45, 7) is 0.587. The average Bonchev–Trinajstić information content (AvgIpc) is 2.54. The van der Waals surface area contributed by atoms with Crippen molar-refractivity contribution in [2.45, 2.75) is 12.0 Å². The fraction of sp³-hybridized carbons (Fsp3) is 0.235. The molecule has 5 heteroatoms. The maximum atomic E-state index is 12.2. The minimum Gasteiger partial charge on any atom is -0.493 e. The molecule has 1 heterocycles. The number of carbonyl (C=O) groups excluding carboxylic acids is 1. The molecule has 0 fully saturated rings. The van der Waals surface area contributed by atoms with Gasteiger partial charge in [-0.05, 0) is 30.3 Å². The third-order valence-electron chi connectivity index (χ3n) is 3.81. The first kappa shape index (κ1) is 15.1. The molecule has 2 aromatic carbocycles. The lowest BCUT2D eigenvalue weighted by Crippen LogP contribution is -2.43. The van der Waals surface area contributed by atoms with Gasteiger partial charge in [-0.1, -0.05) is 34.1 Å². The second-order valence-corrected chi connectivity index (χ2v) is 6.23. The van der Waals surface area contributed by atoms with Gasteiger partial charge >= 0.3 is 0 Å². The summed E-state index contributed by atoms with van der Waals surface area (Å²) in [5, 5.41) is 13.7. The second-order valence-electron chi connectivity index (χ2n) is 5.32. The Kier molecular flexibility index (Phi) is 4.18. The van der Waals surface area contributed by atoms with E-state index in [4.69, 9.17) is 4.74 Å². The molecular weight excluding hydrogens is 346 g/mol. The Morgan fingerprint density at radius 1 is 1.23 bits per heavy atom. The third kappa shape index (κ3) is 3.00. The molecule has 0 aliphatic carbocycles. The van der Waals surface area contributed by atoms with Gasteiger partial charge in [-0.2, -0.15) is 0 Å². The fourth-order valence-corrected chi connectivity index (χ4v) is 2.82. The lowest BCUT2D eigenvalue weighted by molar-refractivity contribution is -0.00160. The van der Waals surface area contributed by atoms with E-state index < -0.39 is 5.60 Å². The molecule has 0 radical (unpaired) electrons. The van der Waals surface area contributed by atoms with Crippen LogP contribution in [-0.2, 0) is 5.60 Å². The lowest BCUT2D eigenvalue weighted by Gasteiger charge is -2.34. The number of amides is 1. The quantitative estimate of drug-likeness (QED) is 0.883. The minimum absolute atomic E-state index is 0.155. The molecule has 114 valence electrons. The largest absolute Gasteiger partial charge is 0.493 e. The predicted octanol–water partition coefficient (Wildman–Crippen LogP) is 2.85. The molecule has 0 bridgehead atoms. The monoisotopic (exact) mass is 361 g/mol. The number of benzene rings is 2. The highest BCUT2D eigenvalue weighted by Gasteiger charge is 2.35. The molecule has 1 amide bonds. The number of halogens is 1. The SMILES string of the molecule is O=C(NCC1(O)CCOc2ccccc21)c1ccc(Br)cc1. The van der Waals surface area contributed by atoms with Crippen LogP contribution < -0.4 is 10.1 Å². The smallest absolute Gasteiger partial charge is 0.251 e. The maximum Gasteiger partial charge on any atom is 0.251 e. The van der Waals surface area contributed by atoms with E-state index in [9.17, 15) is 9.90 Å². The van der Waals surface area contributed by atoms with Crippen molar-refractivity contribution in [3.8, 4) is 5.75 Å². The van der Waals surface area contributed by atoms with Gasteiger partial charge < -0.3 is 15.2 Å². The molecule has 22 heavy (non-hydrogen) atoms. The van der Waals surface area contributed by atoms with Gasteiger partial charge in [-0.25, -0.2) is 0 Å². The summed E-state index contributed by atoms with van der Waals surface area (Å²) in [6.07, 6.45) is 0.449. The summed E-state index contributed by atoms with van der Waals surface area (Å²) < 4.78 is 6.46. The van der Waals surface area contributed by atoms with Crippen LogP contribution in [-0.4, -0.2) is 24.2 Å². The Labute approximate surface area is 137 Å². The van der Waals surface area contributed by atoms with Gasteiger partial charge in [0.2, 0.25) is 0 Å². The Hall–Kier alpha value is -1.85. The van der Waals surface area contributed by atoms with Gasteiger partial charge in [0.1, 0.15) is 11.4 Å². The third-order valence-corrected chi connectivity index (χ3v) is 4.34. The Morgan fingerprint density at radius 2 is 1.95 bits per heavy atom. The van der Waals surface area contributed by atoms with Crippen molar-refractivity contribution in [2.24, 2.45) is 0 Å². The van der Waals surface area contributed by atoms with E-state index in [1.54, 1.807) is 12.1 Å². The molecule has 0 spiro atoms.